The predicted octanol–water partition coefficient (Wildman–Crippen LogP) is 3.21. The largest absolute Gasteiger partial charge is 0.481 e. The van der Waals surface area contributed by atoms with Crippen molar-refractivity contribution in [2.24, 2.45) is 50.2 Å². The van der Waals surface area contributed by atoms with E-state index >= 15 is 0 Å². The summed E-state index contributed by atoms with van der Waals surface area (Å²) in [6, 6.07) is 0. The Balaban J connectivity index is 1.33. The van der Waals surface area contributed by atoms with Crippen LogP contribution in [0.25, 0.3) is 0 Å². The van der Waals surface area contributed by atoms with Gasteiger partial charge in [0, 0.05) is 0 Å². The van der Waals surface area contributed by atoms with Crippen molar-refractivity contribution in [3.8, 4) is 0 Å². The highest BCUT2D eigenvalue weighted by Crippen LogP contribution is 2.75. The van der Waals surface area contributed by atoms with Gasteiger partial charge in [0.2, 0.25) is 0 Å². The highest BCUT2D eigenvalue weighted by molar-refractivity contribution is 5.77. The van der Waals surface area contributed by atoms with Crippen LogP contribution < -0.4 is 0 Å². The van der Waals surface area contributed by atoms with E-state index in [2.05, 4.69) is 40.7 Å². The van der Waals surface area contributed by atoms with Crippen molar-refractivity contribution in [2.45, 2.75) is 142 Å². The van der Waals surface area contributed by atoms with Crippen LogP contribution in [0.3, 0.4) is 0 Å². The molecule has 0 radical (unpaired) electrons. The molecule has 6 N–H and O–H groups in total. The molecule has 4 saturated carbocycles. The van der Waals surface area contributed by atoms with E-state index in [-0.39, 0.29) is 34.0 Å². The van der Waals surface area contributed by atoms with E-state index in [9.17, 15) is 40.2 Å². The molecule has 46 heavy (non-hydrogen) atoms. The quantitative estimate of drug-likeness (QED) is 0.148. The number of fused-ring (bicyclic) bond motifs is 7. The molecule has 10 nitrogen and oxygen atoms in total. The van der Waals surface area contributed by atoms with Gasteiger partial charge in [-0.3, -0.25) is 4.79 Å². The van der Waals surface area contributed by atoms with E-state index in [0.717, 1.165) is 44.8 Å². The minimum atomic E-state index is -1.56. The van der Waals surface area contributed by atoms with Crippen LogP contribution in [0.4, 0.5) is 0 Å². The lowest BCUT2D eigenvalue weighted by Gasteiger charge is -2.71. The number of hydrogen-bond donors (Lipinski definition) is 6. The van der Waals surface area contributed by atoms with Gasteiger partial charge in [0.25, 0.3) is 0 Å². The van der Waals surface area contributed by atoms with Crippen LogP contribution in [-0.2, 0) is 19.1 Å². The van der Waals surface area contributed by atoms with Gasteiger partial charge in [0.15, 0.2) is 6.29 Å². The number of aliphatic carboxylic acids is 1. The van der Waals surface area contributed by atoms with Crippen LogP contribution in [0.5, 0.6) is 0 Å². The first-order chi connectivity index (χ1) is 21.4. The summed E-state index contributed by atoms with van der Waals surface area (Å²) < 4.78 is 12.0. The van der Waals surface area contributed by atoms with E-state index in [1.165, 1.54) is 5.57 Å². The van der Waals surface area contributed by atoms with Crippen LogP contribution in [0.2, 0.25) is 0 Å². The Morgan fingerprint density at radius 2 is 1.63 bits per heavy atom. The van der Waals surface area contributed by atoms with Gasteiger partial charge in [-0.25, -0.2) is 0 Å². The fraction of sp³-hybridized carbons (Fsp3) is 0.889. The molecule has 0 aromatic carbocycles. The molecule has 1 saturated heterocycles. The molecule has 6 aliphatic rings. The summed E-state index contributed by atoms with van der Waals surface area (Å²) in [5.74, 6) is -0.987. The van der Waals surface area contributed by atoms with Gasteiger partial charge in [-0.1, -0.05) is 53.2 Å². The summed E-state index contributed by atoms with van der Waals surface area (Å²) in [6.07, 6.45) is 0.720. The van der Waals surface area contributed by atoms with Crippen molar-refractivity contribution >= 4 is 12.3 Å². The molecule has 5 aliphatic carbocycles. The standard InChI is InChI=1S/C36H56O10/c1-31(2)13-14-36(30(43)44)20(15-31)19-7-8-23-32(3)11-10-25(46-29-28(42)27(41)26(40)21(17-37)45-29)33(4,18-38)22(32)9-12-34(23,5)35(19,6)16-24(36)39/h7,18,20-29,37,39-42H,8-17H2,1-6H3,(H,43,44)/t20-,21+,22+,23+,24+,25-,26+,27-,28+,29-,32-,33-,34+,35+,36+/m0/s1. The molecule has 5 fully saturated rings. The number of carboxylic acids is 1. The molecule has 0 aromatic rings. The Labute approximate surface area is 272 Å². The highest BCUT2D eigenvalue weighted by atomic mass is 16.7. The summed E-state index contributed by atoms with van der Waals surface area (Å²) in [7, 11) is 0. The zero-order valence-corrected chi connectivity index (χ0v) is 28.3. The smallest absolute Gasteiger partial charge is 0.312 e. The van der Waals surface area contributed by atoms with Crippen molar-refractivity contribution in [1.29, 1.82) is 0 Å². The lowest BCUT2D eigenvalue weighted by atomic mass is 9.33. The van der Waals surface area contributed by atoms with E-state index < -0.39 is 71.7 Å². The van der Waals surface area contributed by atoms with E-state index in [1.54, 1.807) is 0 Å². The fourth-order valence-corrected chi connectivity index (χ4v) is 12.2. The number of allylic oxidation sites excluding steroid dienone is 2. The second kappa shape index (κ2) is 11.1. The third-order valence-electron chi connectivity index (χ3n) is 15.1. The zero-order chi connectivity index (χ0) is 33.8. The van der Waals surface area contributed by atoms with Gasteiger partial charge in [0.1, 0.15) is 36.1 Å². The maximum absolute atomic E-state index is 13.1. The predicted molar refractivity (Wildman–Crippen MR) is 167 cm³/mol. The van der Waals surface area contributed by atoms with E-state index in [0.29, 0.717) is 19.3 Å². The van der Waals surface area contributed by atoms with Gasteiger partial charge in [-0.05, 0) is 97.2 Å². The molecule has 1 aliphatic heterocycles. The summed E-state index contributed by atoms with van der Waals surface area (Å²) in [4.78, 5) is 26.1. The van der Waals surface area contributed by atoms with Crippen LogP contribution >= 0.6 is 0 Å². The Hall–Kier alpha value is -1.40. The SMILES string of the molecule is CC1(C)CC[C@]2(C(=O)O)[C@H](O)C[C@]3(C)C(=CC[C@@H]4[C@@]5(C)CC[C@H](O[C@@H]6O[C@H](CO)[C@@H](O)[C@H](O)[C@H]6O)[C@@](C)(C=O)[C@@H]5CC[C@]43C)[C@@H]2C1. The second-order valence-corrected chi connectivity index (χ2v) is 17.6. The summed E-state index contributed by atoms with van der Waals surface area (Å²) >= 11 is 0. The lowest BCUT2D eigenvalue weighted by Crippen LogP contribution is -2.68. The van der Waals surface area contributed by atoms with E-state index in [4.69, 9.17) is 9.47 Å². The number of aliphatic hydroxyl groups excluding tert-OH is 5. The van der Waals surface area contributed by atoms with Gasteiger partial charge in [-0.15, -0.1) is 0 Å². The second-order valence-electron chi connectivity index (χ2n) is 17.6. The van der Waals surface area contributed by atoms with Crippen molar-refractivity contribution in [1.82, 2.24) is 0 Å². The Bertz CT molecular complexity index is 1270. The summed E-state index contributed by atoms with van der Waals surface area (Å²) in [5, 5.41) is 63.5. The molecular formula is C36H56O10. The molecule has 0 unspecified atom stereocenters. The normalized spacial score (nSPS) is 54.7. The number of rotatable bonds is 5. The molecule has 260 valence electrons. The molecule has 0 bridgehead atoms. The number of aliphatic hydroxyl groups is 5. The third-order valence-corrected chi connectivity index (χ3v) is 15.1. The van der Waals surface area contributed by atoms with Gasteiger partial charge < -0.3 is 44.9 Å². The average molecular weight is 649 g/mol. The summed E-state index contributed by atoms with van der Waals surface area (Å²) in [5.41, 5.74) is -1.80. The Morgan fingerprint density at radius 3 is 2.26 bits per heavy atom. The number of carbonyl (C=O) groups is 2. The Kier molecular flexibility index (Phi) is 8.28. The van der Waals surface area contributed by atoms with Crippen molar-refractivity contribution in [3.63, 3.8) is 0 Å². The molecule has 0 spiro atoms. The number of carboxylic acid groups (broad SMARTS) is 1. The van der Waals surface area contributed by atoms with Crippen molar-refractivity contribution in [3.05, 3.63) is 11.6 Å². The van der Waals surface area contributed by atoms with Crippen molar-refractivity contribution < 1.29 is 49.7 Å². The maximum Gasteiger partial charge on any atom is 0.312 e. The monoisotopic (exact) mass is 648 g/mol. The maximum atomic E-state index is 13.1. The number of ether oxygens (including phenoxy) is 2. The van der Waals surface area contributed by atoms with E-state index in [1.807, 2.05) is 6.92 Å². The first-order valence-electron chi connectivity index (χ1n) is 17.4. The fourth-order valence-electron chi connectivity index (χ4n) is 12.2. The Morgan fingerprint density at radius 1 is 0.935 bits per heavy atom. The molecule has 1 heterocycles. The van der Waals surface area contributed by atoms with Crippen molar-refractivity contribution in [2.75, 3.05) is 6.61 Å². The van der Waals surface area contributed by atoms with Crippen LogP contribution in [0.1, 0.15) is 99.3 Å². The van der Waals surface area contributed by atoms with Crippen LogP contribution in [0, 0.1) is 50.2 Å². The first-order valence-corrected chi connectivity index (χ1v) is 17.4. The van der Waals surface area contributed by atoms with Gasteiger partial charge in [0.05, 0.1) is 24.2 Å². The average Bonchev–Trinajstić information content (AvgIpc) is 2.98. The number of carbonyl (C=O) groups excluding carboxylic acids is 1. The third kappa shape index (κ3) is 4.46. The zero-order valence-electron chi connectivity index (χ0n) is 28.3. The van der Waals surface area contributed by atoms with Crippen LogP contribution in [0.15, 0.2) is 11.6 Å². The topological polar surface area (TPSA) is 174 Å². The highest BCUT2D eigenvalue weighted by Gasteiger charge is 2.72. The van der Waals surface area contributed by atoms with Gasteiger partial charge in [-0.2, -0.15) is 0 Å². The molecule has 15 atom stereocenters. The van der Waals surface area contributed by atoms with Crippen LogP contribution in [-0.4, -0.2) is 92.4 Å². The van der Waals surface area contributed by atoms with Gasteiger partial charge >= 0.3 is 5.97 Å². The molecule has 10 heteroatoms. The minimum absolute atomic E-state index is 0.0189. The molecule has 0 aromatic heterocycles. The first kappa shape index (κ1) is 34.5. The lowest BCUT2D eigenvalue weighted by molar-refractivity contribution is -0.327. The number of hydrogen-bond acceptors (Lipinski definition) is 9. The molecule has 0 amide bonds. The summed E-state index contributed by atoms with van der Waals surface area (Å²) in [6.45, 7) is 12.7. The molecular weight excluding hydrogens is 592 g/mol. The minimum Gasteiger partial charge on any atom is -0.481 e. The number of aldehydes is 1. The molecule has 6 rings (SSSR count).